The number of carbonyl (C=O) groups excluding carboxylic acids is 1. The van der Waals surface area contributed by atoms with Crippen molar-refractivity contribution in [1.29, 1.82) is 0 Å². The summed E-state index contributed by atoms with van der Waals surface area (Å²) in [5.74, 6) is 0.197. The molecule has 1 N–H and O–H groups in total. The van der Waals surface area contributed by atoms with Gasteiger partial charge in [0.25, 0.3) is 0 Å². The van der Waals surface area contributed by atoms with E-state index in [0.717, 1.165) is 45.6 Å². The Morgan fingerprint density at radius 1 is 1.25 bits per heavy atom. The van der Waals surface area contributed by atoms with E-state index in [1.165, 1.54) is 8.66 Å². The van der Waals surface area contributed by atoms with Gasteiger partial charge in [-0.2, -0.15) is 0 Å². The molecule has 0 atom stereocenters. The zero-order chi connectivity index (χ0) is 13.9. The van der Waals surface area contributed by atoms with Crippen LogP contribution < -0.4 is 5.32 Å². The predicted molar refractivity (Wildman–Crippen MR) is 84.9 cm³/mol. The molecule has 1 aromatic heterocycles. The second kappa shape index (κ2) is 6.56. The summed E-state index contributed by atoms with van der Waals surface area (Å²) in [6, 6.07) is 4.77. The van der Waals surface area contributed by atoms with Gasteiger partial charge in [-0.1, -0.05) is 0 Å². The largest absolute Gasteiger partial charge is 0.352 e. The Balaban J connectivity index is 1.38. The summed E-state index contributed by atoms with van der Waals surface area (Å²) >= 11 is 5.31. The highest BCUT2D eigenvalue weighted by molar-refractivity contribution is 9.11. The molecule has 110 valence electrons. The van der Waals surface area contributed by atoms with Crippen LogP contribution in [0.5, 0.6) is 0 Å². The molecule has 0 radical (unpaired) electrons. The Morgan fingerprint density at radius 2 is 1.95 bits per heavy atom. The Hall–Kier alpha value is -0.430. The lowest BCUT2D eigenvalue weighted by molar-refractivity contribution is -0.122. The molecule has 1 saturated heterocycles. The molecule has 0 unspecified atom stereocenters. The van der Waals surface area contributed by atoms with Crippen molar-refractivity contribution in [3.63, 3.8) is 0 Å². The summed E-state index contributed by atoms with van der Waals surface area (Å²) < 4.78 is 1.20. The number of rotatable bonds is 5. The summed E-state index contributed by atoms with van der Waals surface area (Å²) in [4.78, 5) is 17.9. The van der Waals surface area contributed by atoms with Gasteiger partial charge in [0.15, 0.2) is 0 Å². The molecule has 2 aliphatic rings. The molecular weight excluding hydrogens is 338 g/mol. The molecule has 0 spiro atoms. The number of thiophene rings is 1. The molecular formula is C14H20BrN3OS. The average molecular weight is 358 g/mol. The summed E-state index contributed by atoms with van der Waals surface area (Å²) in [7, 11) is 0. The molecule has 4 nitrogen and oxygen atoms in total. The third-order valence-corrected chi connectivity index (χ3v) is 5.39. The van der Waals surface area contributed by atoms with Gasteiger partial charge in [-0.05, 0) is 40.9 Å². The van der Waals surface area contributed by atoms with Gasteiger partial charge < -0.3 is 5.32 Å². The third-order valence-electron chi connectivity index (χ3n) is 3.78. The first-order valence-corrected chi connectivity index (χ1v) is 8.78. The lowest BCUT2D eigenvalue weighted by Gasteiger charge is -2.34. The van der Waals surface area contributed by atoms with Crippen molar-refractivity contribution < 1.29 is 4.79 Å². The van der Waals surface area contributed by atoms with Crippen LogP contribution >= 0.6 is 27.3 Å². The second-order valence-corrected chi connectivity index (χ2v) is 8.15. The van der Waals surface area contributed by atoms with Gasteiger partial charge in [-0.3, -0.25) is 14.6 Å². The van der Waals surface area contributed by atoms with E-state index >= 15 is 0 Å². The molecule has 1 aromatic rings. The van der Waals surface area contributed by atoms with E-state index in [1.807, 2.05) is 0 Å². The number of carbonyl (C=O) groups is 1. The molecule has 0 bridgehead atoms. The van der Waals surface area contributed by atoms with Crippen LogP contribution in [0.1, 0.15) is 17.7 Å². The maximum Gasteiger partial charge on any atom is 0.234 e. The Kier molecular flexibility index (Phi) is 4.75. The Morgan fingerprint density at radius 3 is 2.55 bits per heavy atom. The number of nitrogens with one attached hydrogen (secondary N) is 1. The average Bonchev–Trinajstić information content (AvgIpc) is 3.13. The first-order chi connectivity index (χ1) is 9.69. The number of piperazine rings is 1. The maximum atomic E-state index is 11.8. The highest BCUT2D eigenvalue weighted by atomic mass is 79.9. The van der Waals surface area contributed by atoms with Crippen LogP contribution in [0, 0.1) is 0 Å². The van der Waals surface area contributed by atoms with E-state index in [9.17, 15) is 4.79 Å². The van der Waals surface area contributed by atoms with Crippen molar-refractivity contribution >= 4 is 33.2 Å². The first kappa shape index (κ1) is 14.5. The monoisotopic (exact) mass is 357 g/mol. The summed E-state index contributed by atoms with van der Waals surface area (Å²) in [6.45, 7) is 5.67. The van der Waals surface area contributed by atoms with Crippen molar-refractivity contribution in [1.82, 2.24) is 15.1 Å². The van der Waals surface area contributed by atoms with Crippen LogP contribution in [0.4, 0.5) is 0 Å². The van der Waals surface area contributed by atoms with Gasteiger partial charge in [0, 0.05) is 43.6 Å². The van der Waals surface area contributed by atoms with E-state index in [4.69, 9.17) is 0 Å². The number of amides is 1. The maximum absolute atomic E-state index is 11.8. The van der Waals surface area contributed by atoms with E-state index < -0.39 is 0 Å². The minimum Gasteiger partial charge on any atom is -0.352 e. The second-order valence-electron chi connectivity index (χ2n) is 5.60. The molecule has 1 amide bonds. The van der Waals surface area contributed by atoms with Crippen molar-refractivity contribution in [2.45, 2.75) is 25.4 Å². The molecule has 20 heavy (non-hydrogen) atoms. The van der Waals surface area contributed by atoms with Crippen molar-refractivity contribution in [3.05, 3.63) is 20.8 Å². The molecule has 0 aromatic carbocycles. The quantitative estimate of drug-likeness (QED) is 0.874. The number of nitrogens with zero attached hydrogens (tertiary/aromatic N) is 2. The van der Waals surface area contributed by atoms with Crippen LogP contribution in [-0.2, 0) is 11.3 Å². The van der Waals surface area contributed by atoms with Gasteiger partial charge in [0.2, 0.25) is 5.91 Å². The third kappa shape index (κ3) is 4.28. The fourth-order valence-corrected chi connectivity index (χ4v) is 3.99. The molecule has 1 aliphatic heterocycles. The van der Waals surface area contributed by atoms with Gasteiger partial charge in [-0.15, -0.1) is 11.3 Å². The van der Waals surface area contributed by atoms with Crippen molar-refractivity contribution in [2.75, 3.05) is 32.7 Å². The van der Waals surface area contributed by atoms with Crippen LogP contribution in [-0.4, -0.2) is 54.5 Å². The fourth-order valence-electron chi connectivity index (χ4n) is 2.47. The molecule has 6 heteroatoms. The fraction of sp³-hybridized carbons (Fsp3) is 0.643. The number of hydrogen-bond acceptors (Lipinski definition) is 4. The zero-order valence-corrected chi connectivity index (χ0v) is 13.9. The van der Waals surface area contributed by atoms with Crippen molar-refractivity contribution in [3.8, 4) is 0 Å². The molecule has 1 aliphatic carbocycles. The smallest absolute Gasteiger partial charge is 0.234 e. The van der Waals surface area contributed by atoms with Crippen LogP contribution in [0.2, 0.25) is 0 Å². The van der Waals surface area contributed by atoms with E-state index in [-0.39, 0.29) is 5.91 Å². The summed E-state index contributed by atoms with van der Waals surface area (Å²) in [5, 5.41) is 3.06. The van der Waals surface area contributed by atoms with Gasteiger partial charge in [-0.25, -0.2) is 0 Å². The minimum atomic E-state index is 0.197. The van der Waals surface area contributed by atoms with E-state index in [2.05, 4.69) is 43.2 Å². The Labute approximate surface area is 132 Å². The lowest BCUT2D eigenvalue weighted by atomic mass is 10.3. The Bertz CT molecular complexity index is 467. The summed E-state index contributed by atoms with van der Waals surface area (Å²) in [5.41, 5.74) is 0. The minimum absolute atomic E-state index is 0.197. The SMILES string of the molecule is O=C(CN1CCN(Cc2ccc(Br)s2)CC1)NC1CC1. The van der Waals surface area contributed by atoms with Crippen LogP contribution in [0.3, 0.4) is 0 Å². The van der Waals surface area contributed by atoms with Crippen LogP contribution in [0.15, 0.2) is 15.9 Å². The first-order valence-electron chi connectivity index (χ1n) is 7.17. The molecule has 1 saturated carbocycles. The topological polar surface area (TPSA) is 35.6 Å². The van der Waals surface area contributed by atoms with E-state index in [0.29, 0.717) is 12.6 Å². The van der Waals surface area contributed by atoms with Crippen LogP contribution in [0.25, 0.3) is 0 Å². The summed E-state index contributed by atoms with van der Waals surface area (Å²) in [6.07, 6.45) is 2.33. The number of halogens is 1. The molecule has 3 rings (SSSR count). The van der Waals surface area contributed by atoms with Gasteiger partial charge in [0.1, 0.15) is 0 Å². The van der Waals surface area contributed by atoms with Gasteiger partial charge >= 0.3 is 0 Å². The molecule has 2 fully saturated rings. The lowest BCUT2D eigenvalue weighted by Crippen LogP contribution is -2.49. The van der Waals surface area contributed by atoms with Gasteiger partial charge in [0.05, 0.1) is 10.3 Å². The highest BCUT2D eigenvalue weighted by Gasteiger charge is 2.25. The number of hydrogen-bond donors (Lipinski definition) is 1. The standard InChI is InChI=1S/C14H20BrN3OS/c15-13-4-3-12(20-13)9-17-5-7-18(8-6-17)10-14(19)16-11-1-2-11/h3-4,11H,1-2,5-10H2,(H,16,19). The predicted octanol–water partition coefficient (Wildman–Crippen LogP) is 1.91. The zero-order valence-electron chi connectivity index (χ0n) is 11.5. The van der Waals surface area contributed by atoms with Crippen molar-refractivity contribution in [2.24, 2.45) is 0 Å². The normalized spacial score (nSPS) is 21.1. The van der Waals surface area contributed by atoms with E-state index in [1.54, 1.807) is 11.3 Å². The molecule has 2 heterocycles. The highest BCUT2D eigenvalue weighted by Crippen LogP contribution is 2.23.